The fourth-order valence-electron chi connectivity index (χ4n) is 2.42. The third-order valence-corrected chi connectivity index (χ3v) is 4.46. The molecule has 0 spiro atoms. The number of carbonyl (C=O) groups is 1. The van der Waals surface area contributed by atoms with Gasteiger partial charge in [-0.05, 0) is 32.2 Å². The number of oxazole rings is 1. The fourth-order valence-corrected chi connectivity index (χ4v) is 3.07. The summed E-state index contributed by atoms with van der Waals surface area (Å²) < 4.78 is 11.2. The molecule has 0 unspecified atom stereocenters. The molecule has 5 nitrogen and oxygen atoms in total. The van der Waals surface area contributed by atoms with E-state index >= 15 is 0 Å². The van der Waals surface area contributed by atoms with Gasteiger partial charge in [0, 0.05) is 6.54 Å². The van der Waals surface area contributed by atoms with Gasteiger partial charge in [0.15, 0.2) is 5.69 Å². The second-order valence-electron chi connectivity index (χ2n) is 5.35. The summed E-state index contributed by atoms with van der Waals surface area (Å²) in [7, 11) is 0. The zero-order chi connectivity index (χ0) is 15.0. The fraction of sp³-hybridized carbons (Fsp3) is 0.467. The molecule has 3 rings (SSSR count). The van der Waals surface area contributed by atoms with Gasteiger partial charge in [-0.3, -0.25) is 4.79 Å². The van der Waals surface area contributed by atoms with Gasteiger partial charge in [-0.1, -0.05) is 6.07 Å². The number of hydrogen-bond acceptors (Lipinski definition) is 5. The zero-order valence-electron chi connectivity index (χ0n) is 12.3. The Kier molecular flexibility index (Phi) is 3.82. The second kappa shape index (κ2) is 5.61. The monoisotopic (exact) mass is 306 g/mol. The van der Waals surface area contributed by atoms with Crippen molar-refractivity contribution in [2.24, 2.45) is 0 Å². The van der Waals surface area contributed by atoms with Crippen LogP contribution in [-0.4, -0.2) is 41.1 Å². The summed E-state index contributed by atoms with van der Waals surface area (Å²) in [6, 6.07) is 3.92. The lowest BCUT2D eigenvalue weighted by atomic mass is 10.2. The minimum absolute atomic E-state index is 0.0501. The Hall–Kier alpha value is -1.66. The van der Waals surface area contributed by atoms with E-state index in [-0.39, 0.29) is 18.1 Å². The summed E-state index contributed by atoms with van der Waals surface area (Å²) in [5.41, 5.74) is 0.402. The van der Waals surface area contributed by atoms with Crippen molar-refractivity contribution in [1.29, 1.82) is 0 Å². The average Bonchev–Trinajstić information content (AvgIpc) is 3.09. The number of morpholine rings is 1. The van der Waals surface area contributed by atoms with Crippen molar-refractivity contribution < 1.29 is 13.9 Å². The van der Waals surface area contributed by atoms with Crippen molar-refractivity contribution in [1.82, 2.24) is 9.88 Å². The molecule has 112 valence electrons. The molecule has 3 heterocycles. The number of carbonyl (C=O) groups excluding carboxylic acids is 1. The number of amides is 1. The Bertz CT molecular complexity index is 635. The van der Waals surface area contributed by atoms with Gasteiger partial charge in [0.1, 0.15) is 5.76 Å². The SMILES string of the molecule is Cc1oc(-c2cccs2)nc1C(=O)N1C[C@H](C)OC[C@H]1C. The summed E-state index contributed by atoms with van der Waals surface area (Å²) in [4.78, 5) is 19.9. The van der Waals surface area contributed by atoms with Gasteiger partial charge in [-0.2, -0.15) is 0 Å². The molecule has 0 N–H and O–H groups in total. The first-order valence-corrected chi connectivity index (χ1v) is 7.88. The van der Waals surface area contributed by atoms with Crippen LogP contribution in [0.2, 0.25) is 0 Å². The lowest BCUT2D eigenvalue weighted by Crippen LogP contribution is -2.50. The predicted octanol–water partition coefficient (Wildman–Crippen LogP) is 2.96. The van der Waals surface area contributed by atoms with Gasteiger partial charge in [0.05, 0.1) is 23.6 Å². The third kappa shape index (κ3) is 2.73. The smallest absolute Gasteiger partial charge is 0.276 e. The molecule has 1 fully saturated rings. The normalized spacial score (nSPS) is 22.5. The first kappa shape index (κ1) is 14.3. The summed E-state index contributed by atoms with van der Waals surface area (Å²) in [5, 5.41) is 1.96. The molecule has 0 saturated carbocycles. The van der Waals surface area contributed by atoms with E-state index in [4.69, 9.17) is 9.15 Å². The summed E-state index contributed by atoms with van der Waals surface area (Å²) in [6.07, 6.45) is 0.0501. The number of nitrogens with zero attached hydrogens (tertiary/aromatic N) is 2. The summed E-state index contributed by atoms with van der Waals surface area (Å²) >= 11 is 1.55. The van der Waals surface area contributed by atoms with Crippen LogP contribution in [0.4, 0.5) is 0 Å². The van der Waals surface area contributed by atoms with E-state index in [0.29, 0.717) is 30.5 Å². The molecule has 0 aromatic carbocycles. The minimum Gasteiger partial charge on any atom is -0.440 e. The van der Waals surface area contributed by atoms with Crippen molar-refractivity contribution in [2.75, 3.05) is 13.2 Å². The van der Waals surface area contributed by atoms with Gasteiger partial charge in [0.2, 0.25) is 5.89 Å². The molecule has 1 aliphatic heterocycles. The third-order valence-electron chi connectivity index (χ3n) is 3.60. The van der Waals surface area contributed by atoms with E-state index < -0.39 is 0 Å². The molecule has 1 saturated heterocycles. The highest BCUT2D eigenvalue weighted by atomic mass is 32.1. The van der Waals surface area contributed by atoms with Crippen LogP contribution in [0.5, 0.6) is 0 Å². The number of hydrogen-bond donors (Lipinski definition) is 0. The lowest BCUT2D eigenvalue weighted by Gasteiger charge is -2.36. The number of aromatic nitrogens is 1. The minimum atomic E-state index is -0.0818. The Labute approximate surface area is 127 Å². The highest BCUT2D eigenvalue weighted by Crippen LogP contribution is 2.27. The molecule has 0 aliphatic carbocycles. The van der Waals surface area contributed by atoms with E-state index in [1.807, 2.05) is 36.3 Å². The van der Waals surface area contributed by atoms with Crippen LogP contribution in [0.25, 0.3) is 10.8 Å². The zero-order valence-corrected chi connectivity index (χ0v) is 13.1. The van der Waals surface area contributed by atoms with Gasteiger partial charge in [0.25, 0.3) is 5.91 Å². The molecule has 6 heteroatoms. The van der Waals surface area contributed by atoms with E-state index in [0.717, 1.165) is 4.88 Å². The number of ether oxygens (including phenoxy) is 1. The molecule has 2 aromatic heterocycles. The Morgan fingerprint density at radius 2 is 2.29 bits per heavy atom. The summed E-state index contributed by atoms with van der Waals surface area (Å²) in [5.74, 6) is 0.997. The second-order valence-corrected chi connectivity index (χ2v) is 6.30. The van der Waals surface area contributed by atoms with E-state index in [9.17, 15) is 4.79 Å². The lowest BCUT2D eigenvalue weighted by molar-refractivity contribution is -0.0389. The molecule has 0 radical (unpaired) electrons. The Morgan fingerprint density at radius 1 is 1.48 bits per heavy atom. The first-order valence-electron chi connectivity index (χ1n) is 7.00. The maximum atomic E-state index is 12.7. The quantitative estimate of drug-likeness (QED) is 0.856. The van der Waals surface area contributed by atoms with Crippen molar-refractivity contribution >= 4 is 17.2 Å². The largest absolute Gasteiger partial charge is 0.440 e. The topological polar surface area (TPSA) is 55.6 Å². The Morgan fingerprint density at radius 3 is 3.00 bits per heavy atom. The van der Waals surface area contributed by atoms with Crippen molar-refractivity contribution in [3.05, 3.63) is 29.0 Å². The first-order chi connectivity index (χ1) is 10.1. The van der Waals surface area contributed by atoms with Crippen molar-refractivity contribution in [3.63, 3.8) is 0 Å². The molecule has 21 heavy (non-hydrogen) atoms. The van der Waals surface area contributed by atoms with Gasteiger partial charge in [-0.25, -0.2) is 4.98 Å². The standard InChI is InChI=1S/C15H18N2O3S/c1-9-8-19-10(2)7-17(9)15(18)13-11(3)20-14(16-13)12-5-4-6-21-12/h4-6,9-10H,7-8H2,1-3H3/t9-,10+/m1/s1. The molecule has 1 aliphatic rings. The Balaban J connectivity index is 1.88. The highest BCUT2D eigenvalue weighted by Gasteiger charge is 2.31. The van der Waals surface area contributed by atoms with Crippen molar-refractivity contribution in [2.45, 2.75) is 32.9 Å². The number of thiophene rings is 1. The average molecular weight is 306 g/mol. The summed E-state index contributed by atoms with van der Waals surface area (Å²) in [6.45, 7) is 6.88. The van der Waals surface area contributed by atoms with Crippen LogP contribution >= 0.6 is 11.3 Å². The van der Waals surface area contributed by atoms with Gasteiger partial charge >= 0.3 is 0 Å². The van der Waals surface area contributed by atoms with Crippen LogP contribution in [-0.2, 0) is 4.74 Å². The van der Waals surface area contributed by atoms with Crippen LogP contribution in [0.15, 0.2) is 21.9 Å². The molecular formula is C15H18N2O3S. The predicted molar refractivity (Wildman–Crippen MR) is 80.5 cm³/mol. The van der Waals surface area contributed by atoms with Crippen LogP contribution in [0.1, 0.15) is 30.1 Å². The molecule has 2 aromatic rings. The van der Waals surface area contributed by atoms with Crippen LogP contribution < -0.4 is 0 Å². The number of rotatable bonds is 2. The van der Waals surface area contributed by atoms with Crippen LogP contribution in [0.3, 0.4) is 0 Å². The maximum absolute atomic E-state index is 12.7. The molecular weight excluding hydrogens is 288 g/mol. The molecule has 0 bridgehead atoms. The highest BCUT2D eigenvalue weighted by molar-refractivity contribution is 7.13. The maximum Gasteiger partial charge on any atom is 0.276 e. The molecule has 1 amide bonds. The van der Waals surface area contributed by atoms with Crippen LogP contribution in [0, 0.1) is 6.92 Å². The van der Waals surface area contributed by atoms with Gasteiger partial charge < -0.3 is 14.1 Å². The van der Waals surface area contributed by atoms with Crippen molar-refractivity contribution in [3.8, 4) is 10.8 Å². The molecule has 2 atom stereocenters. The van der Waals surface area contributed by atoms with E-state index in [2.05, 4.69) is 4.98 Å². The number of aryl methyl sites for hydroxylation is 1. The van der Waals surface area contributed by atoms with Gasteiger partial charge in [-0.15, -0.1) is 11.3 Å². The van der Waals surface area contributed by atoms with E-state index in [1.165, 1.54) is 0 Å². The van der Waals surface area contributed by atoms with E-state index in [1.54, 1.807) is 18.3 Å².